The number of amides is 2. The van der Waals surface area contributed by atoms with Crippen LogP contribution >= 0.6 is 8.53 Å². The van der Waals surface area contributed by atoms with Gasteiger partial charge < -0.3 is 44.7 Å². The number of aliphatic carboxylic acids is 1. The lowest BCUT2D eigenvalue weighted by molar-refractivity contribution is -0.139. The van der Waals surface area contributed by atoms with Crippen LogP contribution in [0.25, 0.3) is 0 Å². The number of ether oxygens (including phenoxy) is 3. The summed E-state index contributed by atoms with van der Waals surface area (Å²) in [6, 6.07) is 9.97. The van der Waals surface area contributed by atoms with E-state index in [0.717, 1.165) is 5.56 Å². The lowest BCUT2D eigenvalue weighted by Crippen LogP contribution is -2.41. The van der Waals surface area contributed by atoms with Crippen molar-refractivity contribution in [2.75, 3.05) is 40.9 Å². The van der Waals surface area contributed by atoms with Gasteiger partial charge in [0, 0.05) is 38.7 Å². The summed E-state index contributed by atoms with van der Waals surface area (Å²) in [5.74, 6) is -1.34. The molecule has 0 heterocycles. The van der Waals surface area contributed by atoms with E-state index in [1.165, 1.54) is 29.8 Å². The van der Waals surface area contributed by atoms with Gasteiger partial charge in [-0.1, -0.05) is 18.2 Å². The summed E-state index contributed by atoms with van der Waals surface area (Å²) in [5.41, 5.74) is 7.32. The van der Waals surface area contributed by atoms with Crippen LogP contribution in [0.4, 0.5) is 4.79 Å². The molecule has 5 N–H and O–H groups in total. The number of nitrogens with one attached hydrogen (secondary N) is 1. The number of likely N-dealkylation sites (N-methyl/N-ethyl adjacent to an activating group) is 2. The van der Waals surface area contributed by atoms with Gasteiger partial charge in [-0.05, 0) is 42.4 Å². The molecule has 0 fully saturated rings. The molecule has 2 aromatic carbocycles. The maximum absolute atomic E-state index is 12.5. The second kappa shape index (κ2) is 17.1. The van der Waals surface area contributed by atoms with Crippen molar-refractivity contribution in [1.29, 1.82) is 0 Å². The zero-order valence-electron chi connectivity index (χ0n) is 23.0. The summed E-state index contributed by atoms with van der Waals surface area (Å²) < 4.78 is 22.2. The number of carbonyl (C=O) groups excluding carboxylic acids is 3. The van der Waals surface area contributed by atoms with Gasteiger partial charge in [0.05, 0.1) is 13.7 Å². The standard InChI is InChI=1S/C26H35N4O10P/c1-29(26(35)40-22-9-6-19(16-38-17-31)14-23(22)37-3)11-12-30(2)41(36)39-13-10-21(25(33)34)28-24(32)20-7-4-18(15-27)5-8-20/h4-9,14,17,21,36H,10-13,15-16,27H2,1-3H3,(H,28,32)(H,33,34). The first-order valence-electron chi connectivity index (χ1n) is 12.4. The van der Waals surface area contributed by atoms with Gasteiger partial charge in [-0.25, -0.2) is 14.3 Å². The number of methoxy groups -OCH3 is 1. The summed E-state index contributed by atoms with van der Waals surface area (Å²) in [7, 11) is 2.41. The van der Waals surface area contributed by atoms with Gasteiger partial charge >= 0.3 is 12.1 Å². The van der Waals surface area contributed by atoms with Crippen molar-refractivity contribution < 1.29 is 47.9 Å². The van der Waals surface area contributed by atoms with Gasteiger partial charge in [0.2, 0.25) is 0 Å². The van der Waals surface area contributed by atoms with Crippen LogP contribution in [0.5, 0.6) is 11.5 Å². The number of hydrogen-bond donors (Lipinski definition) is 4. The van der Waals surface area contributed by atoms with Gasteiger partial charge in [0.25, 0.3) is 20.9 Å². The van der Waals surface area contributed by atoms with Crippen LogP contribution in [0.1, 0.15) is 27.9 Å². The minimum Gasteiger partial charge on any atom is -0.493 e. The topological polar surface area (TPSA) is 190 Å². The first kappa shape index (κ1) is 33.4. The number of benzene rings is 2. The number of carboxylic acids is 1. The smallest absolute Gasteiger partial charge is 0.415 e. The Morgan fingerprint density at radius 3 is 2.37 bits per heavy atom. The van der Waals surface area contributed by atoms with Crippen LogP contribution < -0.4 is 20.5 Å². The molecule has 0 aliphatic carbocycles. The highest BCUT2D eigenvalue weighted by molar-refractivity contribution is 7.43. The minimum atomic E-state index is -2.10. The zero-order chi connectivity index (χ0) is 30.4. The average molecular weight is 595 g/mol. The Morgan fingerprint density at radius 1 is 1.07 bits per heavy atom. The molecule has 0 radical (unpaired) electrons. The molecule has 0 aromatic heterocycles. The Balaban J connectivity index is 1.79. The second-order valence-corrected chi connectivity index (χ2v) is 10.1. The van der Waals surface area contributed by atoms with E-state index in [0.29, 0.717) is 24.1 Å². The summed E-state index contributed by atoms with van der Waals surface area (Å²) >= 11 is 0. The molecule has 2 rings (SSSR count). The van der Waals surface area contributed by atoms with Gasteiger partial charge in [0.15, 0.2) is 11.5 Å². The second-order valence-electron chi connectivity index (χ2n) is 8.70. The third-order valence-electron chi connectivity index (χ3n) is 5.77. The maximum Gasteiger partial charge on any atom is 0.415 e. The van der Waals surface area contributed by atoms with E-state index in [4.69, 9.17) is 24.5 Å². The van der Waals surface area contributed by atoms with Crippen LogP contribution in [0.3, 0.4) is 0 Å². The number of rotatable bonds is 17. The maximum atomic E-state index is 12.5. The monoisotopic (exact) mass is 594 g/mol. The fourth-order valence-electron chi connectivity index (χ4n) is 3.30. The number of carbonyl (C=O) groups is 4. The Kier molecular flexibility index (Phi) is 13.9. The Hall–Kier alpha value is -3.81. The number of nitrogens with zero attached hydrogens (tertiary/aromatic N) is 2. The molecule has 15 heteroatoms. The molecule has 2 amide bonds. The highest BCUT2D eigenvalue weighted by Gasteiger charge is 2.23. The largest absolute Gasteiger partial charge is 0.493 e. The van der Waals surface area contributed by atoms with Crippen molar-refractivity contribution in [3.63, 3.8) is 0 Å². The van der Waals surface area contributed by atoms with Crippen molar-refractivity contribution >= 4 is 33.0 Å². The van der Waals surface area contributed by atoms with Crippen molar-refractivity contribution in [3.05, 3.63) is 59.2 Å². The van der Waals surface area contributed by atoms with Gasteiger partial charge in [-0.2, -0.15) is 0 Å². The quantitative estimate of drug-likeness (QED) is 0.153. The molecular weight excluding hydrogens is 559 g/mol. The lowest BCUT2D eigenvalue weighted by atomic mass is 10.1. The molecule has 0 aliphatic rings. The highest BCUT2D eigenvalue weighted by Crippen LogP contribution is 2.35. The molecule has 2 aromatic rings. The fourth-order valence-corrected chi connectivity index (χ4v) is 4.03. The number of hydrogen-bond acceptors (Lipinski definition) is 11. The predicted octanol–water partition coefficient (Wildman–Crippen LogP) is 1.70. The summed E-state index contributed by atoms with van der Waals surface area (Å²) in [6.45, 7) is 0.936. The van der Waals surface area contributed by atoms with Gasteiger partial charge in [-0.3, -0.25) is 9.59 Å². The molecule has 0 saturated heterocycles. The number of carboxylic acid groups (broad SMARTS) is 1. The third kappa shape index (κ3) is 10.9. The minimum absolute atomic E-state index is 0.0438. The molecule has 0 bridgehead atoms. The molecule has 2 atom stereocenters. The molecule has 0 aliphatic heterocycles. The molecule has 0 spiro atoms. The zero-order valence-corrected chi connectivity index (χ0v) is 23.9. The van der Waals surface area contributed by atoms with E-state index in [1.54, 1.807) is 43.4 Å². The van der Waals surface area contributed by atoms with Crippen molar-refractivity contribution in [2.45, 2.75) is 25.6 Å². The van der Waals surface area contributed by atoms with Crippen molar-refractivity contribution in [3.8, 4) is 11.5 Å². The van der Waals surface area contributed by atoms with E-state index in [2.05, 4.69) is 5.32 Å². The molecular formula is C26H35N4O10P. The normalized spacial score (nSPS) is 12.2. The molecule has 14 nitrogen and oxygen atoms in total. The third-order valence-corrected chi connectivity index (χ3v) is 6.97. The average Bonchev–Trinajstić information content (AvgIpc) is 2.98. The van der Waals surface area contributed by atoms with Crippen LogP contribution in [0, 0.1) is 0 Å². The Labute approximate surface area is 238 Å². The van der Waals surface area contributed by atoms with Crippen LogP contribution in [-0.2, 0) is 32.0 Å². The van der Waals surface area contributed by atoms with Crippen LogP contribution in [-0.4, -0.2) is 91.0 Å². The van der Waals surface area contributed by atoms with Crippen LogP contribution in [0.2, 0.25) is 0 Å². The predicted molar refractivity (Wildman–Crippen MR) is 148 cm³/mol. The highest BCUT2D eigenvalue weighted by atomic mass is 31.2. The molecule has 0 saturated carbocycles. The molecule has 224 valence electrons. The number of nitrogens with two attached hydrogens (primary N) is 1. The summed E-state index contributed by atoms with van der Waals surface area (Å²) in [4.78, 5) is 58.6. The van der Waals surface area contributed by atoms with Crippen LogP contribution in [0.15, 0.2) is 42.5 Å². The lowest BCUT2D eigenvalue weighted by Gasteiger charge is -2.25. The summed E-state index contributed by atoms with van der Waals surface area (Å²) in [6.07, 6.45) is -0.752. The van der Waals surface area contributed by atoms with Crippen molar-refractivity contribution in [1.82, 2.24) is 14.9 Å². The van der Waals surface area contributed by atoms with E-state index < -0.39 is 32.5 Å². The Bertz CT molecular complexity index is 1170. The first-order valence-corrected chi connectivity index (χ1v) is 13.6. The SMILES string of the molecule is COc1cc(COC=O)ccc1OC(=O)N(C)CCN(C)P(O)OCCC(NC(=O)c1ccc(CN)cc1)C(=O)O. The van der Waals surface area contributed by atoms with Crippen molar-refractivity contribution in [2.24, 2.45) is 5.73 Å². The fraction of sp³-hybridized carbons (Fsp3) is 0.385. The van der Waals surface area contributed by atoms with E-state index in [9.17, 15) is 29.2 Å². The molecule has 2 unspecified atom stereocenters. The van der Waals surface area contributed by atoms with Gasteiger partial charge in [0.1, 0.15) is 12.6 Å². The Morgan fingerprint density at radius 2 is 1.76 bits per heavy atom. The van der Waals surface area contributed by atoms with E-state index >= 15 is 0 Å². The first-order chi connectivity index (χ1) is 19.6. The van der Waals surface area contributed by atoms with E-state index in [-0.39, 0.29) is 44.2 Å². The van der Waals surface area contributed by atoms with E-state index in [1.807, 2.05) is 0 Å². The molecule has 41 heavy (non-hydrogen) atoms. The van der Waals surface area contributed by atoms with Gasteiger partial charge in [-0.15, -0.1) is 0 Å². The summed E-state index contributed by atoms with van der Waals surface area (Å²) in [5, 5.41) is 11.9.